The van der Waals surface area contributed by atoms with Gasteiger partial charge in [-0.2, -0.15) is 0 Å². The highest BCUT2D eigenvalue weighted by molar-refractivity contribution is 5.53. The Labute approximate surface area is 137 Å². The molecule has 0 aliphatic carbocycles. The first-order chi connectivity index (χ1) is 11.2. The number of hydrogen-bond acceptors (Lipinski definition) is 2. The topological polar surface area (TPSA) is 40.5 Å². The molecule has 0 unspecified atom stereocenters. The van der Waals surface area contributed by atoms with Crippen LogP contribution in [-0.4, -0.2) is 16.5 Å². The van der Waals surface area contributed by atoms with Crippen molar-refractivity contribution in [1.29, 1.82) is 0 Å². The van der Waals surface area contributed by atoms with Gasteiger partial charge >= 0.3 is 0 Å². The maximum atomic E-state index is 8.86. The van der Waals surface area contributed by atoms with Crippen LogP contribution in [0.4, 0.5) is 0 Å². The monoisotopic (exact) mass is 306 g/mol. The molecule has 0 heterocycles. The third kappa shape index (κ3) is 6.92. The fourth-order valence-corrected chi connectivity index (χ4v) is 2.12. The molecule has 2 nitrogen and oxygen atoms in total. The van der Waals surface area contributed by atoms with E-state index in [-0.39, 0.29) is 0 Å². The molecule has 0 aliphatic rings. The van der Waals surface area contributed by atoms with Crippen LogP contribution in [0, 0.1) is 0 Å². The van der Waals surface area contributed by atoms with Crippen molar-refractivity contribution in [3.05, 3.63) is 95.6 Å². The molecule has 0 radical (unpaired) electrons. The van der Waals surface area contributed by atoms with E-state index in [1.165, 1.54) is 5.56 Å². The molecule has 0 aromatic heterocycles. The van der Waals surface area contributed by atoms with Gasteiger partial charge in [-0.25, -0.2) is 0 Å². The quantitative estimate of drug-likeness (QED) is 0.594. The molecule has 0 amide bonds. The van der Waals surface area contributed by atoms with Crippen molar-refractivity contribution in [1.82, 2.24) is 0 Å². The molecule has 2 aromatic rings. The van der Waals surface area contributed by atoms with Crippen molar-refractivity contribution in [3.8, 4) is 0 Å². The molecular formula is C21H22O2. The van der Waals surface area contributed by atoms with E-state index in [0.717, 1.165) is 11.1 Å². The largest absolute Gasteiger partial charge is 0.368 e. The molecule has 118 valence electrons. The first-order valence-corrected chi connectivity index (χ1v) is 7.75. The van der Waals surface area contributed by atoms with Gasteiger partial charge in [0.2, 0.25) is 0 Å². The second-order valence-corrected chi connectivity index (χ2v) is 5.27. The summed E-state index contributed by atoms with van der Waals surface area (Å²) in [7, 11) is 0. The number of hydrogen-bond donors (Lipinski definition) is 2. The lowest BCUT2D eigenvalue weighted by Crippen LogP contribution is -2.05. The summed E-state index contributed by atoms with van der Waals surface area (Å²) in [4.78, 5) is 0. The number of aryl methyl sites for hydroxylation is 1. The van der Waals surface area contributed by atoms with Crippen LogP contribution in [-0.2, 0) is 6.42 Å². The number of benzene rings is 2. The predicted molar refractivity (Wildman–Crippen MR) is 96.6 cm³/mol. The molecule has 2 N–H and O–H groups in total. The van der Waals surface area contributed by atoms with Crippen molar-refractivity contribution in [2.75, 3.05) is 0 Å². The second-order valence-electron chi connectivity index (χ2n) is 5.27. The van der Waals surface area contributed by atoms with Gasteiger partial charge in [0.15, 0.2) is 6.29 Å². The predicted octanol–water partition coefficient (Wildman–Crippen LogP) is 4.21. The smallest absolute Gasteiger partial charge is 0.151 e. The van der Waals surface area contributed by atoms with Gasteiger partial charge in [0.1, 0.15) is 0 Å². The second kappa shape index (κ2) is 9.57. The van der Waals surface area contributed by atoms with Crippen LogP contribution in [0.1, 0.15) is 23.1 Å². The zero-order valence-corrected chi connectivity index (χ0v) is 13.0. The summed E-state index contributed by atoms with van der Waals surface area (Å²) in [6.45, 7) is 0. The minimum Gasteiger partial charge on any atom is -0.368 e. The highest BCUT2D eigenvalue weighted by Crippen LogP contribution is 2.09. The van der Waals surface area contributed by atoms with E-state index in [1.54, 1.807) is 0 Å². The van der Waals surface area contributed by atoms with E-state index in [0.29, 0.717) is 12.8 Å². The zero-order valence-electron chi connectivity index (χ0n) is 13.0. The van der Waals surface area contributed by atoms with Crippen LogP contribution in [0.15, 0.2) is 78.9 Å². The number of aliphatic hydroxyl groups is 2. The molecule has 2 heteroatoms. The van der Waals surface area contributed by atoms with E-state index in [9.17, 15) is 0 Å². The average Bonchev–Trinajstić information content (AvgIpc) is 2.58. The molecule has 0 saturated heterocycles. The Balaban J connectivity index is 1.81. The third-order valence-corrected chi connectivity index (χ3v) is 3.38. The minimum absolute atomic E-state index is 0.367. The molecule has 23 heavy (non-hydrogen) atoms. The third-order valence-electron chi connectivity index (χ3n) is 3.38. The molecule has 0 spiro atoms. The van der Waals surface area contributed by atoms with Crippen molar-refractivity contribution in [2.24, 2.45) is 0 Å². The summed E-state index contributed by atoms with van der Waals surface area (Å²) < 4.78 is 0. The lowest BCUT2D eigenvalue weighted by molar-refractivity contribution is -0.0446. The van der Waals surface area contributed by atoms with Crippen LogP contribution < -0.4 is 0 Å². The van der Waals surface area contributed by atoms with Gasteiger partial charge < -0.3 is 10.2 Å². The van der Waals surface area contributed by atoms with Gasteiger partial charge in [0.25, 0.3) is 0 Å². The Bertz CT molecular complexity index is 650. The van der Waals surface area contributed by atoms with Crippen LogP contribution in [0.2, 0.25) is 0 Å². The number of aliphatic hydroxyl groups excluding tert-OH is 1. The van der Waals surface area contributed by atoms with Crippen molar-refractivity contribution in [2.45, 2.75) is 19.1 Å². The molecule has 0 saturated carbocycles. The first-order valence-electron chi connectivity index (χ1n) is 7.75. The average molecular weight is 306 g/mol. The molecule has 0 atom stereocenters. The Hall–Kier alpha value is -2.42. The molecular weight excluding hydrogens is 284 g/mol. The standard InChI is InChI=1S/C21H22O2/c22-21(23)17-16-20-14-12-19(13-15-20)11-5-2-1-4-8-18-9-6-3-7-10-18/h1-15,21-23H,16-17H2/b2-1+,8-4+,11-5+. The van der Waals surface area contributed by atoms with Gasteiger partial charge in [-0.3, -0.25) is 0 Å². The summed E-state index contributed by atoms with van der Waals surface area (Å²) in [5.74, 6) is 0. The van der Waals surface area contributed by atoms with Crippen molar-refractivity contribution >= 4 is 12.2 Å². The SMILES string of the molecule is OC(O)CCc1ccc(/C=C/C=C/C=C/c2ccccc2)cc1. The molecule has 0 aliphatic heterocycles. The maximum absolute atomic E-state index is 8.86. The van der Waals surface area contributed by atoms with E-state index in [1.807, 2.05) is 72.8 Å². The Morgan fingerprint density at radius 3 is 1.83 bits per heavy atom. The first kappa shape index (κ1) is 16.9. The van der Waals surface area contributed by atoms with Gasteiger partial charge in [0, 0.05) is 6.42 Å². The van der Waals surface area contributed by atoms with E-state index in [4.69, 9.17) is 10.2 Å². The van der Waals surface area contributed by atoms with Gasteiger partial charge in [-0.1, -0.05) is 91.1 Å². The van der Waals surface area contributed by atoms with E-state index < -0.39 is 6.29 Å². The molecule has 2 aromatic carbocycles. The summed E-state index contributed by atoms with van der Waals surface area (Å²) in [5, 5.41) is 17.7. The summed E-state index contributed by atoms with van der Waals surface area (Å²) in [6.07, 6.45) is 11.9. The van der Waals surface area contributed by atoms with Crippen LogP contribution >= 0.6 is 0 Å². The van der Waals surface area contributed by atoms with Gasteiger partial charge in [-0.15, -0.1) is 0 Å². The van der Waals surface area contributed by atoms with Gasteiger partial charge in [-0.05, 0) is 23.1 Å². The summed E-state index contributed by atoms with van der Waals surface area (Å²) >= 11 is 0. The van der Waals surface area contributed by atoms with E-state index >= 15 is 0 Å². The fraction of sp³-hybridized carbons (Fsp3) is 0.143. The molecule has 0 fully saturated rings. The van der Waals surface area contributed by atoms with Crippen molar-refractivity contribution < 1.29 is 10.2 Å². The van der Waals surface area contributed by atoms with Crippen LogP contribution in [0.3, 0.4) is 0 Å². The lowest BCUT2D eigenvalue weighted by Gasteiger charge is -2.03. The Kier molecular flexibility index (Phi) is 7.05. The summed E-state index contributed by atoms with van der Waals surface area (Å²) in [6, 6.07) is 18.3. The van der Waals surface area contributed by atoms with Gasteiger partial charge in [0.05, 0.1) is 0 Å². The highest BCUT2D eigenvalue weighted by atomic mass is 16.5. The lowest BCUT2D eigenvalue weighted by atomic mass is 10.1. The number of allylic oxidation sites excluding steroid dienone is 4. The molecule has 2 rings (SSSR count). The fourth-order valence-electron chi connectivity index (χ4n) is 2.12. The highest BCUT2D eigenvalue weighted by Gasteiger charge is 1.98. The maximum Gasteiger partial charge on any atom is 0.151 e. The Morgan fingerprint density at radius 2 is 1.26 bits per heavy atom. The van der Waals surface area contributed by atoms with Crippen LogP contribution in [0.25, 0.3) is 12.2 Å². The minimum atomic E-state index is -1.23. The molecule has 0 bridgehead atoms. The van der Waals surface area contributed by atoms with E-state index in [2.05, 4.69) is 18.2 Å². The Morgan fingerprint density at radius 1 is 0.696 bits per heavy atom. The van der Waals surface area contributed by atoms with Crippen LogP contribution in [0.5, 0.6) is 0 Å². The number of rotatable bonds is 7. The summed E-state index contributed by atoms with van der Waals surface area (Å²) in [5.41, 5.74) is 3.41. The zero-order chi connectivity index (χ0) is 16.3. The van der Waals surface area contributed by atoms with Crippen molar-refractivity contribution in [3.63, 3.8) is 0 Å². The normalized spacial score (nSPS) is 12.1.